The molecule has 0 bridgehead atoms. The molecule has 2 N–H and O–H groups in total. The lowest BCUT2D eigenvalue weighted by atomic mass is 10.1. The minimum Gasteiger partial charge on any atom is -0.368 e. The smallest absolute Gasteiger partial charge is 0.253 e. The predicted octanol–water partition coefficient (Wildman–Crippen LogP) is 3.53. The molecular formula is C33H36N6O3. The molecule has 216 valence electrons. The highest BCUT2D eigenvalue weighted by molar-refractivity contribution is 6.00. The number of nitrogens with one attached hydrogen (secondary N) is 2. The van der Waals surface area contributed by atoms with Gasteiger partial charge in [0.25, 0.3) is 11.8 Å². The molecule has 0 spiro atoms. The monoisotopic (exact) mass is 564 g/mol. The first kappa shape index (κ1) is 28.8. The van der Waals surface area contributed by atoms with Crippen LogP contribution in [0.15, 0.2) is 72.8 Å². The van der Waals surface area contributed by atoms with Gasteiger partial charge in [-0.3, -0.25) is 14.4 Å². The minimum absolute atomic E-state index is 0.0427. The molecule has 5 rings (SSSR count). The number of carbonyl (C=O) groups excluding carboxylic acids is 3. The van der Waals surface area contributed by atoms with Crippen LogP contribution in [0.4, 0.5) is 11.4 Å². The lowest BCUT2D eigenvalue weighted by Gasteiger charge is -2.27. The van der Waals surface area contributed by atoms with Gasteiger partial charge < -0.3 is 25.3 Å². The van der Waals surface area contributed by atoms with Gasteiger partial charge >= 0.3 is 0 Å². The largest absolute Gasteiger partial charge is 0.368 e. The summed E-state index contributed by atoms with van der Waals surface area (Å²) >= 11 is 0. The first-order chi connectivity index (χ1) is 20.5. The fourth-order valence-electron chi connectivity index (χ4n) is 5.48. The molecule has 2 aliphatic heterocycles. The molecule has 9 nitrogen and oxygen atoms in total. The molecule has 0 atom stereocenters. The van der Waals surface area contributed by atoms with Crippen LogP contribution in [0.5, 0.6) is 0 Å². The molecule has 2 aliphatic rings. The van der Waals surface area contributed by atoms with Gasteiger partial charge in [0, 0.05) is 56.9 Å². The fraction of sp³-hybridized carbons (Fsp3) is 0.333. The van der Waals surface area contributed by atoms with Gasteiger partial charge in [-0.15, -0.1) is 0 Å². The molecule has 0 radical (unpaired) electrons. The number of amides is 3. The number of nitriles is 1. The van der Waals surface area contributed by atoms with Gasteiger partial charge in [0.1, 0.15) is 0 Å². The average Bonchev–Trinajstić information content (AvgIpc) is 3.45. The van der Waals surface area contributed by atoms with Crippen LogP contribution in [0, 0.1) is 11.3 Å². The Labute approximate surface area is 246 Å². The Kier molecular flexibility index (Phi) is 9.47. The molecule has 2 fully saturated rings. The molecule has 3 aromatic rings. The van der Waals surface area contributed by atoms with E-state index in [4.69, 9.17) is 5.26 Å². The predicted molar refractivity (Wildman–Crippen MR) is 162 cm³/mol. The van der Waals surface area contributed by atoms with Gasteiger partial charge in [-0.1, -0.05) is 30.3 Å². The molecule has 9 heteroatoms. The Balaban J connectivity index is 1.35. The van der Waals surface area contributed by atoms with Crippen molar-refractivity contribution in [2.45, 2.75) is 19.3 Å². The SMILES string of the molecule is N#Cc1ccc(C(=O)N2CCCN(c3ccc(C(=O)N4CCCNCC4)cc3NC(=O)Cc3ccccc3)CC2)cc1. The number of benzene rings is 3. The Hall–Kier alpha value is -4.68. The normalized spacial score (nSPS) is 15.7. The standard InChI is InChI=1S/C33H36N6O3/c34-24-26-8-10-27(11-9-26)32(41)39-18-5-17-37(20-21-39)30-13-12-28(33(42)38-16-4-14-35-15-19-38)23-29(30)36-31(40)22-25-6-2-1-3-7-25/h1-3,6-13,23,35H,4-5,14-22H2,(H,36,40). The van der Waals surface area contributed by atoms with Crippen LogP contribution in [0.2, 0.25) is 0 Å². The third-order valence-corrected chi connectivity index (χ3v) is 7.74. The number of hydrogen-bond donors (Lipinski definition) is 2. The van der Waals surface area contributed by atoms with Crippen molar-refractivity contribution in [1.82, 2.24) is 15.1 Å². The second-order valence-electron chi connectivity index (χ2n) is 10.7. The van der Waals surface area contributed by atoms with E-state index in [0.717, 1.165) is 37.2 Å². The van der Waals surface area contributed by atoms with E-state index >= 15 is 0 Å². The van der Waals surface area contributed by atoms with Crippen molar-refractivity contribution in [3.8, 4) is 6.07 Å². The maximum Gasteiger partial charge on any atom is 0.253 e. The van der Waals surface area contributed by atoms with Gasteiger partial charge in [0.15, 0.2) is 0 Å². The van der Waals surface area contributed by atoms with Crippen molar-refractivity contribution in [3.05, 3.63) is 95.1 Å². The molecule has 3 amide bonds. The minimum atomic E-state index is -0.154. The van der Waals surface area contributed by atoms with Crippen molar-refractivity contribution < 1.29 is 14.4 Å². The Bertz CT molecular complexity index is 1440. The summed E-state index contributed by atoms with van der Waals surface area (Å²) in [5.41, 5.74) is 3.96. The van der Waals surface area contributed by atoms with E-state index in [1.54, 1.807) is 30.3 Å². The van der Waals surface area contributed by atoms with Crippen molar-refractivity contribution >= 4 is 29.1 Å². The molecule has 0 unspecified atom stereocenters. The first-order valence-electron chi connectivity index (χ1n) is 14.5. The third-order valence-electron chi connectivity index (χ3n) is 7.74. The fourth-order valence-corrected chi connectivity index (χ4v) is 5.48. The highest BCUT2D eigenvalue weighted by Crippen LogP contribution is 2.30. The van der Waals surface area contributed by atoms with Crippen LogP contribution < -0.4 is 15.5 Å². The van der Waals surface area contributed by atoms with E-state index in [0.29, 0.717) is 61.6 Å². The Morgan fingerprint density at radius 2 is 1.48 bits per heavy atom. The summed E-state index contributed by atoms with van der Waals surface area (Å²) in [5, 5.41) is 15.5. The van der Waals surface area contributed by atoms with Gasteiger partial charge in [0.2, 0.25) is 5.91 Å². The van der Waals surface area contributed by atoms with E-state index in [1.165, 1.54) is 0 Å². The summed E-state index contributed by atoms with van der Waals surface area (Å²) in [4.78, 5) is 45.6. The number of nitrogens with zero attached hydrogens (tertiary/aromatic N) is 4. The lowest BCUT2D eigenvalue weighted by molar-refractivity contribution is -0.115. The van der Waals surface area contributed by atoms with Crippen molar-refractivity contribution in [1.29, 1.82) is 5.26 Å². The summed E-state index contributed by atoms with van der Waals surface area (Å²) in [6.07, 6.45) is 1.87. The second-order valence-corrected chi connectivity index (χ2v) is 10.7. The number of carbonyl (C=O) groups is 3. The molecule has 0 aliphatic carbocycles. The van der Waals surface area contributed by atoms with Gasteiger partial charge in [-0.25, -0.2) is 0 Å². The molecule has 0 saturated carbocycles. The molecule has 2 heterocycles. The third kappa shape index (κ3) is 7.14. The zero-order valence-corrected chi connectivity index (χ0v) is 23.7. The topological polar surface area (TPSA) is 109 Å². The lowest BCUT2D eigenvalue weighted by Crippen LogP contribution is -2.35. The van der Waals surface area contributed by atoms with Gasteiger partial charge in [-0.05, 0) is 67.4 Å². The van der Waals surface area contributed by atoms with E-state index < -0.39 is 0 Å². The Morgan fingerprint density at radius 1 is 0.762 bits per heavy atom. The van der Waals surface area contributed by atoms with Crippen LogP contribution in [0.1, 0.15) is 44.7 Å². The van der Waals surface area contributed by atoms with Crippen LogP contribution in [-0.4, -0.2) is 79.9 Å². The zero-order valence-electron chi connectivity index (χ0n) is 23.7. The van der Waals surface area contributed by atoms with Crippen LogP contribution in [-0.2, 0) is 11.2 Å². The summed E-state index contributed by atoms with van der Waals surface area (Å²) in [6.45, 7) is 5.38. The van der Waals surface area contributed by atoms with Crippen LogP contribution in [0.3, 0.4) is 0 Å². The van der Waals surface area contributed by atoms with Crippen molar-refractivity contribution in [3.63, 3.8) is 0 Å². The number of rotatable bonds is 6. The summed E-state index contributed by atoms with van der Waals surface area (Å²) in [7, 11) is 0. The first-order valence-corrected chi connectivity index (χ1v) is 14.5. The molecule has 2 saturated heterocycles. The van der Waals surface area contributed by atoms with Crippen LogP contribution >= 0.6 is 0 Å². The number of hydrogen-bond acceptors (Lipinski definition) is 6. The maximum absolute atomic E-state index is 13.4. The summed E-state index contributed by atoms with van der Waals surface area (Å²) < 4.78 is 0. The average molecular weight is 565 g/mol. The summed E-state index contributed by atoms with van der Waals surface area (Å²) in [5.74, 6) is -0.261. The highest BCUT2D eigenvalue weighted by Gasteiger charge is 2.24. The van der Waals surface area contributed by atoms with E-state index in [9.17, 15) is 14.4 Å². The second kappa shape index (κ2) is 13.8. The quantitative estimate of drug-likeness (QED) is 0.474. The zero-order chi connectivity index (χ0) is 29.3. The molecule has 3 aromatic carbocycles. The van der Waals surface area contributed by atoms with Crippen LogP contribution in [0.25, 0.3) is 0 Å². The molecular weight excluding hydrogens is 528 g/mol. The van der Waals surface area contributed by atoms with Gasteiger partial charge in [-0.2, -0.15) is 5.26 Å². The maximum atomic E-state index is 13.4. The van der Waals surface area contributed by atoms with E-state index in [2.05, 4.69) is 21.6 Å². The molecule has 42 heavy (non-hydrogen) atoms. The van der Waals surface area contributed by atoms with E-state index in [1.807, 2.05) is 52.3 Å². The summed E-state index contributed by atoms with van der Waals surface area (Å²) in [6, 6.07) is 23.9. The van der Waals surface area contributed by atoms with E-state index in [-0.39, 0.29) is 24.1 Å². The highest BCUT2D eigenvalue weighted by atomic mass is 16.2. The number of anilines is 2. The van der Waals surface area contributed by atoms with Crippen molar-refractivity contribution in [2.24, 2.45) is 0 Å². The van der Waals surface area contributed by atoms with Crippen molar-refractivity contribution in [2.75, 3.05) is 62.6 Å². The Morgan fingerprint density at radius 3 is 2.26 bits per heavy atom. The van der Waals surface area contributed by atoms with Gasteiger partial charge in [0.05, 0.1) is 29.4 Å². The molecule has 0 aromatic heterocycles.